The summed E-state index contributed by atoms with van der Waals surface area (Å²) in [4.78, 5) is 14.6. The van der Waals surface area contributed by atoms with Gasteiger partial charge in [-0.05, 0) is 24.0 Å². The monoisotopic (exact) mass is 385 g/mol. The van der Waals surface area contributed by atoms with Gasteiger partial charge in [-0.25, -0.2) is 0 Å². The van der Waals surface area contributed by atoms with E-state index < -0.39 is 0 Å². The van der Waals surface area contributed by atoms with E-state index in [9.17, 15) is 4.79 Å². The van der Waals surface area contributed by atoms with E-state index in [-0.39, 0.29) is 30.7 Å². The second-order valence-corrected chi connectivity index (χ2v) is 6.92. The second-order valence-electron chi connectivity index (χ2n) is 6.92. The molecule has 0 aliphatic carbocycles. The topological polar surface area (TPSA) is 37.3 Å². The van der Waals surface area contributed by atoms with Crippen molar-refractivity contribution in [2.24, 2.45) is 5.92 Å². The number of carbonyl (C=O) groups excluding carboxylic acids is 1. The number of halogens is 2. The largest absolute Gasteiger partial charge is 0.314 e. The van der Waals surface area contributed by atoms with Crippen molar-refractivity contribution in [3.05, 3.63) is 36.0 Å². The second kappa shape index (κ2) is 9.58. The minimum absolute atomic E-state index is 0. The van der Waals surface area contributed by atoms with Crippen molar-refractivity contribution in [1.82, 2.24) is 14.8 Å². The Kier molecular flexibility index (Phi) is 8.42. The maximum Gasteiger partial charge on any atom is 0.227 e. The van der Waals surface area contributed by atoms with E-state index in [1.807, 2.05) is 12.1 Å². The third-order valence-electron chi connectivity index (χ3n) is 4.73. The molecule has 1 aromatic carbocycles. The Labute approximate surface area is 162 Å². The number of rotatable bonds is 4. The Morgan fingerprint density at radius 1 is 1.16 bits per heavy atom. The predicted octanol–water partition coefficient (Wildman–Crippen LogP) is 4.14. The van der Waals surface area contributed by atoms with Crippen molar-refractivity contribution >= 4 is 41.6 Å². The Morgan fingerprint density at radius 2 is 1.80 bits per heavy atom. The predicted molar refractivity (Wildman–Crippen MR) is 109 cm³/mol. The van der Waals surface area contributed by atoms with Gasteiger partial charge in [-0.3, -0.25) is 14.3 Å². The van der Waals surface area contributed by atoms with Crippen LogP contribution in [0.1, 0.15) is 43.6 Å². The first-order valence-electron chi connectivity index (χ1n) is 8.63. The summed E-state index contributed by atoms with van der Waals surface area (Å²) in [5, 5.41) is 4.65. The number of nitrogens with zero attached hydrogens (tertiary/aromatic N) is 2. The van der Waals surface area contributed by atoms with Crippen molar-refractivity contribution in [1.29, 1.82) is 0 Å². The Balaban J connectivity index is 0.00000156. The maximum absolute atomic E-state index is 12.0. The maximum atomic E-state index is 12.0. The van der Waals surface area contributed by atoms with E-state index in [0.717, 1.165) is 38.1 Å². The van der Waals surface area contributed by atoms with E-state index in [0.29, 0.717) is 12.0 Å². The molecule has 1 fully saturated rings. The molecule has 2 aromatic rings. The minimum Gasteiger partial charge on any atom is -0.314 e. The van der Waals surface area contributed by atoms with E-state index in [4.69, 9.17) is 0 Å². The SMILES string of the molecule is CC(=O)n1cc([C@@H](CC(C)C)N2CCNCC2)c2ccccc21.Cl.Cl. The van der Waals surface area contributed by atoms with Crippen LogP contribution in [0.15, 0.2) is 30.5 Å². The van der Waals surface area contributed by atoms with Crippen LogP contribution in [-0.4, -0.2) is 41.6 Å². The lowest BCUT2D eigenvalue weighted by atomic mass is 9.94. The van der Waals surface area contributed by atoms with Crippen LogP contribution in [0.5, 0.6) is 0 Å². The molecule has 0 bridgehead atoms. The number of benzene rings is 1. The van der Waals surface area contributed by atoms with Gasteiger partial charge >= 0.3 is 0 Å². The van der Waals surface area contributed by atoms with Crippen molar-refractivity contribution in [2.45, 2.75) is 33.2 Å². The lowest BCUT2D eigenvalue weighted by Crippen LogP contribution is -2.45. The van der Waals surface area contributed by atoms with E-state index in [1.165, 1.54) is 10.9 Å². The highest BCUT2D eigenvalue weighted by molar-refractivity contribution is 5.93. The van der Waals surface area contributed by atoms with Gasteiger partial charge in [-0.1, -0.05) is 32.0 Å². The summed E-state index contributed by atoms with van der Waals surface area (Å²) in [5.41, 5.74) is 2.32. The number of fused-ring (bicyclic) bond motifs is 1. The van der Waals surface area contributed by atoms with Crippen molar-refractivity contribution in [3.8, 4) is 0 Å². The van der Waals surface area contributed by atoms with Gasteiger partial charge in [0.2, 0.25) is 5.91 Å². The van der Waals surface area contributed by atoms with Crippen molar-refractivity contribution in [3.63, 3.8) is 0 Å². The third kappa shape index (κ3) is 4.76. The van der Waals surface area contributed by atoms with Crippen LogP contribution >= 0.6 is 24.8 Å². The highest BCUT2D eigenvalue weighted by Crippen LogP contribution is 2.34. The van der Waals surface area contributed by atoms with Crippen molar-refractivity contribution in [2.75, 3.05) is 26.2 Å². The number of hydrogen-bond donors (Lipinski definition) is 1. The zero-order chi connectivity index (χ0) is 16.4. The van der Waals surface area contributed by atoms with Gasteiger partial charge in [0.25, 0.3) is 0 Å². The van der Waals surface area contributed by atoms with Gasteiger partial charge in [0.05, 0.1) is 5.52 Å². The average Bonchev–Trinajstić information content (AvgIpc) is 2.93. The summed E-state index contributed by atoms with van der Waals surface area (Å²) in [6.45, 7) is 10.4. The molecular formula is C19H29Cl2N3O. The van der Waals surface area contributed by atoms with Gasteiger partial charge < -0.3 is 5.32 Å². The summed E-state index contributed by atoms with van der Waals surface area (Å²) < 4.78 is 1.81. The molecule has 1 aliphatic rings. The first-order chi connectivity index (χ1) is 11.1. The molecule has 140 valence electrons. The molecule has 3 rings (SSSR count). The molecule has 6 heteroatoms. The number of para-hydroxylation sites is 1. The lowest BCUT2D eigenvalue weighted by molar-refractivity contribution is 0.0940. The number of nitrogens with one attached hydrogen (secondary N) is 1. The number of carbonyl (C=O) groups is 1. The summed E-state index contributed by atoms with van der Waals surface area (Å²) in [7, 11) is 0. The summed E-state index contributed by atoms with van der Waals surface area (Å²) >= 11 is 0. The summed E-state index contributed by atoms with van der Waals surface area (Å²) in [6.07, 6.45) is 3.19. The fourth-order valence-electron chi connectivity index (χ4n) is 3.65. The number of hydrogen-bond acceptors (Lipinski definition) is 3. The first-order valence-corrected chi connectivity index (χ1v) is 8.63. The molecule has 25 heavy (non-hydrogen) atoms. The molecule has 0 radical (unpaired) electrons. The van der Waals surface area contributed by atoms with E-state index >= 15 is 0 Å². The van der Waals surface area contributed by atoms with Crippen LogP contribution in [0.4, 0.5) is 0 Å². The number of aromatic nitrogens is 1. The molecule has 2 heterocycles. The van der Waals surface area contributed by atoms with Crippen LogP contribution in [-0.2, 0) is 0 Å². The van der Waals surface area contributed by atoms with E-state index in [2.05, 4.69) is 42.4 Å². The van der Waals surface area contributed by atoms with E-state index in [1.54, 1.807) is 11.5 Å². The molecule has 1 N–H and O–H groups in total. The third-order valence-corrected chi connectivity index (χ3v) is 4.73. The highest BCUT2D eigenvalue weighted by atomic mass is 35.5. The van der Waals surface area contributed by atoms with Crippen LogP contribution in [0, 0.1) is 5.92 Å². The molecule has 1 saturated heterocycles. The van der Waals surface area contributed by atoms with Gasteiger partial charge in [0.1, 0.15) is 0 Å². The molecule has 0 saturated carbocycles. The van der Waals surface area contributed by atoms with Crippen LogP contribution in [0.25, 0.3) is 10.9 Å². The Morgan fingerprint density at radius 3 is 2.40 bits per heavy atom. The molecule has 0 unspecified atom stereocenters. The molecule has 1 atom stereocenters. The molecule has 4 nitrogen and oxygen atoms in total. The standard InChI is InChI=1S/C19H27N3O.2ClH/c1-14(2)12-19(21-10-8-20-9-11-21)17-13-22(15(3)23)18-7-5-4-6-16(17)18;;/h4-7,13-14,19-20H,8-12H2,1-3H3;2*1H/t19-;;/m1../s1. The Bertz CT molecular complexity index is 693. The molecule has 0 amide bonds. The van der Waals surface area contributed by atoms with Crippen LogP contribution in [0.3, 0.4) is 0 Å². The van der Waals surface area contributed by atoms with Gasteiger partial charge in [0, 0.05) is 50.7 Å². The van der Waals surface area contributed by atoms with Gasteiger partial charge in [-0.2, -0.15) is 0 Å². The molecule has 0 spiro atoms. The van der Waals surface area contributed by atoms with Crippen LogP contribution < -0.4 is 5.32 Å². The van der Waals surface area contributed by atoms with Crippen LogP contribution in [0.2, 0.25) is 0 Å². The average molecular weight is 386 g/mol. The highest BCUT2D eigenvalue weighted by Gasteiger charge is 2.26. The van der Waals surface area contributed by atoms with Gasteiger partial charge in [0.15, 0.2) is 0 Å². The van der Waals surface area contributed by atoms with Crippen molar-refractivity contribution < 1.29 is 4.79 Å². The Hall–Kier alpha value is -1.07. The molecule has 1 aliphatic heterocycles. The fourth-order valence-corrected chi connectivity index (χ4v) is 3.65. The summed E-state index contributed by atoms with van der Waals surface area (Å²) in [5.74, 6) is 0.699. The number of piperazine rings is 1. The first kappa shape index (κ1) is 22.0. The lowest BCUT2D eigenvalue weighted by Gasteiger charge is -2.36. The zero-order valence-electron chi connectivity index (χ0n) is 15.2. The molecule has 1 aromatic heterocycles. The molecular weight excluding hydrogens is 357 g/mol. The summed E-state index contributed by atoms with van der Waals surface area (Å²) in [6, 6.07) is 8.65. The minimum atomic E-state index is 0. The smallest absolute Gasteiger partial charge is 0.227 e. The quantitative estimate of drug-likeness (QED) is 0.858. The normalized spacial score (nSPS) is 16.3. The van der Waals surface area contributed by atoms with Gasteiger partial charge in [-0.15, -0.1) is 24.8 Å². The zero-order valence-corrected chi connectivity index (χ0v) is 16.8. The fraction of sp³-hybridized carbons (Fsp3) is 0.526.